The van der Waals surface area contributed by atoms with Gasteiger partial charge in [0, 0.05) is 29.4 Å². The van der Waals surface area contributed by atoms with E-state index in [4.69, 9.17) is 0 Å². The van der Waals surface area contributed by atoms with Crippen molar-refractivity contribution in [2.24, 2.45) is 0 Å². The molecule has 1 saturated heterocycles. The molecule has 3 heteroatoms. The standard InChI is InChI=1S/C17H23N3/c1-13(11-15-6-2-3-9-18-15)20-16-7-8-17-14(12-16)5-4-10-19-17/h4-5,7-8,10,12-13,15,18,20H,2-3,6,9,11H2,1H3. The zero-order valence-electron chi connectivity index (χ0n) is 12.1. The molecule has 1 aliphatic rings. The van der Waals surface area contributed by atoms with Crippen LogP contribution in [-0.2, 0) is 0 Å². The van der Waals surface area contributed by atoms with E-state index in [1.807, 2.05) is 12.3 Å². The van der Waals surface area contributed by atoms with Gasteiger partial charge in [-0.2, -0.15) is 0 Å². The second-order valence-corrected chi connectivity index (χ2v) is 5.84. The number of anilines is 1. The number of piperidine rings is 1. The maximum absolute atomic E-state index is 4.36. The van der Waals surface area contributed by atoms with E-state index >= 15 is 0 Å². The van der Waals surface area contributed by atoms with Crippen LogP contribution in [-0.4, -0.2) is 23.6 Å². The van der Waals surface area contributed by atoms with Gasteiger partial charge < -0.3 is 10.6 Å². The van der Waals surface area contributed by atoms with Crippen LogP contribution >= 0.6 is 0 Å². The van der Waals surface area contributed by atoms with E-state index in [9.17, 15) is 0 Å². The van der Waals surface area contributed by atoms with Crippen LogP contribution in [0.3, 0.4) is 0 Å². The summed E-state index contributed by atoms with van der Waals surface area (Å²) in [6.45, 7) is 3.45. The lowest BCUT2D eigenvalue weighted by Crippen LogP contribution is -2.37. The van der Waals surface area contributed by atoms with E-state index in [1.54, 1.807) is 0 Å². The van der Waals surface area contributed by atoms with E-state index < -0.39 is 0 Å². The summed E-state index contributed by atoms with van der Waals surface area (Å²) in [5.41, 5.74) is 2.24. The summed E-state index contributed by atoms with van der Waals surface area (Å²) in [7, 11) is 0. The van der Waals surface area contributed by atoms with Crippen molar-refractivity contribution in [3.8, 4) is 0 Å². The quantitative estimate of drug-likeness (QED) is 0.891. The lowest BCUT2D eigenvalue weighted by Gasteiger charge is -2.27. The largest absolute Gasteiger partial charge is 0.383 e. The molecule has 2 heterocycles. The van der Waals surface area contributed by atoms with Crippen LogP contribution in [0.5, 0.6) is 0 Å². The Bertz CT molecular complexity index is 561. The third-order valence-electron chi connectivity index (χ3n) is 4.07. The van der Waals surface area contributed by atoms with Crippen LogP contribution in [0.4, 0.5) is 5.69 Å². The number of hydrogen-bond acceptors (Lipinski definition) is 3. The molecule has 0 bridgehead atoms. The Kier molecular flexibility index (Phi) is 4.16. The third-order valence-corrected chi connectivity index (χ3v) is 4.07. The van der Waals surface area contributed by atoms with Crippen molar-refractivity contribution in [2.45, 2.75) is 44.7 Å². The highest BCUT2D eigenvalue weighted by molar-refractivity contribution is 5.82. The van der Waals surface area contributed by atoms with E-state index in [2.05, 4.69) is 46.8 Å². The summed E-state index contributed by atoms with van der Waals surface area (Å²) in [6.07, 6.45) is 7.04. The summed E-state index contributed by atoms with van der Waals surface area (Å²) < 4.78 is 0. The molecule has 106 valence electrons. The summed E-state index contributed by atoms with van der Waals surface area (Å²) in [4.78, 5) is 4.36. The molecule has 2 N–H and O–H groups in total. The fraction of sp³-hybridized carbons (Fsp3) is 0.471. The molecular formula is C17H23N3. The highest BCUT2D eigenvalue weighted by Gasteiger charge is 2.15. The Labute approximate surface area is 120 Å². The van der Waals surface area contributed by atoms with E-state index in [0.717, 1.165) is 5.52 Å². The van der Waals surface area contributed by atoms with Crippen molar-refractivity contribution in [3.63, 3.8) is 0 Å². The second-order valence-electron chi connectivity index (χ2n) is 5.84. The van der Waals surface area contributed by atoms with Crippen LogP contribution < -0.4 is 10.6 Å². The minimum absolute atomic E-state index is 0.486. The minimum Gasteiger partial charge on any atom is -0.383 e. The molecule has 0 radical (unpaired) electrons. The van der Waals surface area contributed by atoms with Crippen molar-refractivity contribution in [3.05, 3.63) is 36.5 Å². The molecule has 1 aliphatic heterocycles. The smallest absolute Gasteiger partial charge is 0.0703 e. The van der Waals surface area contributed by atoms with Crippen molar-refractivity contribution < 1.29 is 0 Å². The Hall–Kier alpha value is -1.61. The lowest BCUT2D eigenvalue weighted by molar-refractivity contribution is 0.371. The van der Waals surface area contributed by atoms with Crippen LogP contribution in [0.25, 0.3) is 10.9 Å². The Balaban J connectivity index is 1.62. The third kappa shape index (κ3) is 3.28. The van der Waals surface area contributed by atoms with Crippen LogP contribution in [0.1, 0.15) is 32.6 Å². The number of hydrogen-bond donors (Lipinski definition) is 2. The zero-order valence-corrected chi connectivity index (χ0v) is 12.1. The molecular weight excluding hydrogens is 246 g/mol. The molecule has 3 rings (SSSR count). The van der Waals surface area contributed by atoms with E-state index in [0.29, 0.717) is 12.1 Å². The van der Waals surface area contributed by atoms with Crippen molar-refractivity contribution in [1.82, 2.24) is 10.3 Å². The second kappa shape index (κ2) is 6.23. The van der Waals surface area contributed by atoms with Gasteiger partial charge in [0.2, 0.25) is 0 Å². The van der Waals surface area contributed by atoms with Gasteiger partial charge in [0.1, 0.15) is 0 Å². The van der Waals surface area contributed by atoms with Crippen LogP contribution in [0.2, 0.25) is 0 Å². The minimum atomic E-state index is 0.486. The monoisotopic (exact) mass is 269 g/mol. The number of aromatic nitrogens is 1. The lowest BCUT2D eigenvalue weighted by atomic mass is 9.98. The number of fused-ring (bicyclic) bond motifs is 1. The molecule has 2 unspecified atom stereocenters. The van der Waals surface area contributed by atoms with E-state index in [1.165, 1.54) is 43.3 Å². The maximum Gasteiger partial charge on any atom is 0.0703 e. The predicted octanol–water partition coefficient (Wildman–Crippen LogP) is 3.57. The fourth-order valence-corrected chi connectivity index (χ4v) is 3.06. The molecule has 0 amide bonds. The van der Waals surface area contributed by atoms with Gasteiger partial charge in [-0.1, -0.05) is 12.5 Å². The molecule has 0 spiro atoms. The van der Waals surface area contributed by atoms with Crippen molar-refractivity contribution in [2.75, 3.05) is 11.9 Å². The first-order valence-corrected chi connectivity index (χ1v) is 7.66. The molecule has 2 aromatic rings. The molecule has 1 aromatic carbocycles. The van der Waals surface area contributed by atoms with Gasteiger partial charge in [-0.3, -0.25) is 4.98 Å². The molecule has 0 aliphatic carbocycles. The normalized spacial score (nSPS) is 20.8. The average Bonchev–Trinajstić information content (AvgIpc) is 2.48. The number of rotatable bonds is 4. The van der Waals surface area contributed by atoms with Gasteiger partial charge in [0.15, 0.2) is 0 Å². The average molecular weight is 269 g/mol. The summed E-state index contributed by atoms with van der Waals surface area (Å²) in [5, 5.41) is 8.42. The predicted molar refractivity (Wildman–Crippen MR) is 85.1 cm³/mol. The first-order valence-electron chi connectivity index (χ1n) is 7.66. The SMILES string of the molecule is CC(CC1CCCCN1)Nc1ccc2ncccc2c1. The Morgan fingerprint density at radius 1 is 1.35 bits per heavy atom. The van der Waals surface area contributed by atoms with Gasteiger partial charge in [-0.15, -0.1) is 0 Å². The summed E-state index contributed by atoms with van der Waals surface area (Å²) in [6, 6.07) is 11.7. The Morgan fingerprint density at radius 3 is 3.15 bits per heavy atom. The van der Waals surface area contributed by atoms with Gasteiger partial charge in [0.25, 0.3) is 0 Å². The molecule has 2 atom stereocenters. The molecule has 0 saturated carbocycles. The molecule has 3 nitrogen and oxygen atoms in total. The molecule has 1 fully saturated rings. The maximum atomic E-state index is 4.36. The first-order chi connectivity index (χ1) is 9.81. The topological polar surface area (TPSA) is 37.0 Å². The molecule has 20 heavy (non-hydrogen) atoms. The van der Waals surface area contributed by atoms with Gasteiger partial charge >= 0.3 is 0 Å². The van der Waals surface area contributed by atoms with Crippen molar-refractivity contribution >= 4 is 16.6 Å². The van der Waals surface area contributed by atoms with Crippen LogP contribution in [0, 0.1) is 0 Å². The number of benzene rings is 1. The van der Waals surface area contributed by atoms with Crippen LogP contribution in [0.15, 0.2) is 36.5 Å². The number of pyridine rings is 1. The van der Waals surface area contributed by atoms with Gasteiger partial charge in [0.05, 0.1) is 5.52 Å². The van der Waals surface area contributed by atoms with E-state index in [-0.39, 0.29) is 0 Å². The Morgan fingerprint density at radius 2 is 2.30 bits per heavy atom. The fourth-order valence-electron chi connectivity index (χ4n) is 3.06. The summed E-state index contributed by atoms with van der Waals surface area (Å²) in [5.74, 6) is 0. The van der Waals surface area contributed by atoms with Gasteiger partial charge in [-0.25, -0.2) is 0 Å². The number of nitrogens with zero attached hydrogens (tertiary/aromatic N) is 1. The highest BCUT2D eigenvalue weighted by Crippen LogP contribution is 2.19. The summed E-state index contributed by atoms with van der Waals surface area (Å²) >= 11 is 0. The highest BCUT2D eigenvalue weighted by atomic mass is 15.0. The van der Waals surface area contributed by atoms with Gasteiger partial charge in [-0.05, 0) is 57.0 Å². The molecule has 1 aromatic heterocycles. The first kappa shape index (κ1) is 13.4. The number of nitrogens with one attached hydrogen (secondary N) is 2. The zero-order chi connectivity index (χ0) is 13.8. The van der Waals surface area contributed by atoms with Crippen molar-refractivity contribution in [1.29, 1.82) is 0 Å².